The lowest BCUT2D eigenvalue weighted by atomic mass is 9.94. The highest BCUT2D eigenvalue weighted by Crippen LogP contribution is 2.26. The molecule has 106 valence electrons. The quantitative estimate of drug-likeness (QED) is 0.677. The Kier molecular flexibility index (Phi) is 3.84. The van der Waals surface area contributed by atoms with E-state index in [4.69, 9.17) is 4.74 Å². The highest BCUT2D eigenvalue weighted by Gasteiger charge is 2.47. The van der Waals surface area contributed by atoms with E-state index in [-0.39, 0.29) is 23.9 Å². The van der Waals surface area contributed by atoms with E-state index in [0.29, 0.717) is 19.6 Å². The van der Waals surface area contributed by atoms with Gasteiger partial charge in [0.15, 0.2) is 6.04 Å². The lowest BCUT2D eigenvalue weighted by Crippen LogP contribution is -3.18. The number of rotatable bonds is 2. The zero-order valence-corrected chi connectivity index (χ0v) is 11.4. The Balaban J connectivity index is 1.69. The monoisotopic (exact) mass is 267 g/mol. The van der Waals surface area contributed by atoms with Crippen LogP contribution in [0, 0.1) is 0 Å². The summed E-state index contributed by atoms with van der Waals surface area (Å²) in [5, 5.41) is 0. The number of nitrogens with zero attached hydrogens (tertiary/aromatic N) is 1. The standard InChI is InChI=1S/C14H22N2O3/c17-13-10-12(15-6-8-19-9-7-15)14(18)16(13)11-4-2-1-3-5-11/h11-12H,1-10H2/p+1/t12-/m1/s1. The van der Waals surface area contributed by atoms with E-state index in [9.17, 15) is 9.59 Å². The van der Waals surface area contributed by atoms with Crippen LogP contribution in [0.2, 0.25) is 0 Å². The Morgan fingerprint density at radius 3 is 2.42 bits per heavy atom. The van der Waals surface area contributed by atoms with Gasteiger partial charge in [0, 0.05) is 6.04 Å². The SMILES string of the molecule is O=C1C[C@@H]([NH+]2CCOCC2)C(=O)N1C1CCCCC1. The summed E-state index contributed by atoms with van der Waals surface area (Å²) in [4.78, 5) is 27.6. The van der Waals surface area contributed by atoms with Gasteiger partial charge in [-0.05, 0) is 12.8 Å². The second-order valence-electron chi connectivity index (χ2n) is 5.92. The van der Waals surface area contributed by atoms with Crippen LogP contribution in [0.15, 0.2) is 0 Å². The number of hydrogen-bond donors (Lipinski definition) is 1. The van der Waals surface area contributed by atoms with Gasteiger partial charge >= 0.3 is 0 Å². The van der Waals surface area contributed by atoms with E-state index < -0.39 is 0 Å². The summed E-state index contributed by atoms with van der Waals surface area (Å²) in [6, 6.07) is 0.0394. The zero-order chi connectivity index (χ0) is 13.2. The minimum absolute atomic E-state index is 0.0564. The molecule has 5 heteroatoms. The van der Waals surface area contributed by atoms with Gasteiger partial charge in [-0.3, -0.25) is 14.5 Å². The molecule has 3 aliphatic rings. The van der Waals surface area contributed by atoms with Crippen molar-refractivity contribution >= 4 is 11.8 Å². The van der Waals surface area contributed by atoms with E-state index in [1.165, 1.54) is 11.3 Å². The number of morpholine rings is 1. The lowest BCUT2D eigenvalue weighted by Gasteiger charge is -2.31. The molecule has 0 aromatic rings. The van der Waals surface area contributed by atoms with Crippen LogP contribution >= 0.6 is 0 Å². The maximum atomic E-state index is 12.6. The van der Waals surface area contributed by atoms with Crippen LogP contribution in [0.5, 0.6) is 0 Å². The molecule has 19 heavy (non-hydrogen) atoms. The van der Waals surface area contributed by atoms with Crippen LogP contribution in [0.4, 0.5) is 0 Å². The van der Waals surface area contributed by atoms with Gasteiger partial charge in [0.05, 0.1) is 19.6 Å². The van der Waals surface area contributed by atoms with Gasteiger partial charge in [-0.15, -0.1) is 0 Å². The van der Waals surface area contributed by atoms with Crippen molar-refractivity contribution < 1.29 is 19.2 Å². The topological polar surface area (TPSA) is 51.1 Å². The number of ether oxygens (including phenoxy) is 1. The van der Waals surface area contributed by atoms with Crippen LogP contribution in [0.3, 0.4) is 0 Å². The van der Waals surface area contributed by atoms with E-state index in [1.54, 1.807) is 4.90 Å². The molecule has 2 amide bonds. The maximum absolute atomic E-state index is 12.6. The second-order valence-corrected chi connectivity index (χ2v) is 5.92. The number of carbonyl (C=O) groups is 2. The van der Waals surface area contributed by atoms with Gasteiger partial charge in [-0.2, -0.15) is 0 Å². The Morgan fingerprint density at radius 2 is 1.74 bits per heavy atom. The van der Waals surface area contributed by atoms with Gasteiger partial charge in [0.2, 0.25) is 5.91 Å². The molecule has 0 aromatic heterocycles. The molecule has 2 aliphatic heterocycles. The summed E-state index contributed by atoms with van der Waals surface area (Å²) in [6.45, 7) is 3.11. The molecule has 2 saturated heterocycles. The summed E-state index contributed by atoms with van der Waals surface area (Å²) in [5.74, 6) is 0.134. The van der Waals surface area contributed by atoms with Crippen molar-refractivity contribution in [1.29, 1.82) is 0 Å². The van der Waals surface area contributed by atoms with Gasteiger partial charge in [0.25, 0.3) is 5.91 Å². The number of quaternary nitrogens is 1. The Bertz CT molecular complexity index is 360. The first-order valence-electron chi connectivity index (χ1n) is 7.55. The minimum atomic E-state index is -0.140. The highest BCUT2D eigenvalue weighted by atomic mass is 16.5. The number of hydrogen-bond acceptors (Lipinski definition) is 3. The molecule has 0 bridgehead atoms. The predicted octanol–water partition coefficient (Wildman–Crippen LogP) is -0.638. The molecule has 1 N–H and O–H groups in total. The number of imide groups is 1. The van der Waals surface area contributed by atoms with E-state index in [2.05, 4.69) is 0 Å². The maximum Gasteiger partial charge on any atom is 0.288 e. The molecule has 0 spiro atoms. The number of amides is 2. The Hall–Kier alpha value is -0.940. The first-order valence-corrected chi connectivity index (χ1v) is 7.55. The third kappa shape index (κ3) is 2.54. The van der Waals surface area contributed by atoms with Crippen LogP contribution in [-0.4, -0.2) is 55.1 Å². The number of likely N-dealkylation sites (tertiary alicyclic amines) is 1. The highest BCUT2D eigenvalue weighted by molar-refractivity contribution is 6.05. The molecule has 0 unspecified atom stereocenters. The average molecular weight is 267 g/mol. The fraction of sp³-hybridized carbons (Fsp3) is 0.857. The van der Waals surface area contributed by atoms with Crippen molar-refractivity contribution in [3.8, 4) is 0 Å². The second kappa shape index (κ2) is 5.59. The first kappa shape index (κ1) is 13.1. The molecule has 0 aromatic carbocycles. The zero-order valence-electron chi connectivity index (χ0n) is 11.4. The first-order chi connectivity index (χ1) is 9.27. The molecular weight excluding hydrogens is 244 g/mol. The van der Waals surface area contributed by atoms with E-state index in [0.717, 1.165) is 38.8 Å². The van der Waals surface area contributed by atoms with Crippen molar-refractivity contribution in [2.24, 2.45) is 0 Å². The molecule has 0 radical (unpaired) electrons. The Labute approximate surface area is 113 Å². The molecule has 1 atom stereocenters. The number of nitrogens with one attached hydrogen (secondary N) is 1. The summed E-state index contributed by atoms with van der Waals surface area (Å²) < 4.78 is 5.33. The minimum Gasteiger partial charge on any atom is -0.370 e. The molecule has 3 fully saturated rings. The van der Waals surface area contributed by atoms with Crippen molar-refractivity contribution in [3.05, 3.63) is 0 Å². The number of carbonyl (C=O) groups excluding carboxylic acids is 2. The molecule has 3 rings (SSSR count). The molecule has 1 saturated carbocycles. The van der Waals surface area contributed by atoms with Crippen LogP contribution in [0.25, 0.3) is 0 Å². The van der Waals surface area contributed by atoms with Crippen molar-refractivity contribution in [2.75, 3.05) is 26.3 Å². The molecule has 1 aliphatic carbocycles. The van der Waals surface area contributed by atoms with Crippen LogP contribution in [0.1, 0.15) is 38.5 Å². The van der Waals surface area contributed by atoms with E-state index >= 15 is 0 Å². The van der Waals surface area contributed by atoms with Crippen LogP contribution in [-0.2, 0) is 14.3 Å². The van der Waals surface area contributed by atoms with Crippen molar-refractivity contribution in [3.63, 3.8) is 0 Å². The predicted molar refractivity (Wildman–Crippen MR) is 68.6 cm³/mol. The van der Waals surface area contributed by atoms with Crippen molar-refractivity contribution in [1.82, 2.24) is 4.90 Å². The average Bonchev–Trinajstić information content (AvgIpc) is 2.76. The fourth-order valence-corrected chi connectivity index (χ4v) is 3.67. The van der Waals surface area contributed by atoms with Gasteiger partial charge in [-0.1, -0.05) is 19.3 Å². The lowest BCUT2D eigenvalue weighted by molar-refractivity contribution is -0.922. The van der Waals surface area contributed by atoms with Gasteiger partial charge in [-0.25, -0.2) is 0 Å². The van der Waals surface area contributed by atoms with Gasteiger partial charge in [0.1, 0.15) is 13.1 Å². The van der Waals surface area contributed by atoms with E-state index in [1.807, 2.05) is 0 Å². The molecular formula is C14H23N2O3+. The fourth-order valence-electron chi connectivity index (χ4n) is 3.67. The summed E-state index contributed by atoms with van der Waals surface area (Å²) in [7, 11) is 0. The Morgan fingerprint density at radius 1 is 1.05 bits per heavy atom. The van der Waals surface area contributed by atoms with Crippen molar-refractivity contribution in [2.45, 2.75) is 50.6 Å². The third-order valence-electron chi connectivity index (χ3n) is 4.75. The molecule has 2 heterocycles. The summed E-state index contributed by atoms with van der Waals surface area (Å²) in [5.41, 5.74) is 0. The third-order valence-corrected chi connectivity index (χ3v) is 4.75. The van der Waals surface area contributed by atoms with Gasteiger partial charge < -0.3 is 9.64 Å². The van der Waals surface area contributed by atoms with Crippen LogP contribution < -0.4 is 4.90 Å². The molecule has 5 nitrogen and oxygen atoms in total. The summed E-state index contributed by atoms with van der Waals surface area (Å²) >= 11 is 0. The smallest absolute Gasteiger partial charge is 0.288 e. The summed E-state index contributed by atoms with van der Waals surface area (Å²) in [6.07, 6.45) is 5.95. The largest absolute Gasteiger partial charge is 0.370 e. The normalized spacial score (nSPS) is 31.2.